The van der Waals surface area contributed by atoms with Crippen molar-refractivity contribution >= 4 is 34.8 Å². The van der Waals surface area contributed by atoms with Crippen molar-refractivity contribution in [3.05, 3.63) is 23.4 Å². The summed E-state index contributed by atoms with van der Waals surface area (Å²) in [6, 6.07) is 0. The van der Waals surface area contributed by atoms with Gasteiger partial charge in [-0.25, -0.2) is 0 Å². The van der Waals surface area contributed by atoms with Gasteiger partial charge in [0.2, 0.25) is 0 Å². The van der Waals surface area contributed by atoms with Crippen molar-refractivity contribution < 1.29 is 0 Å². The number of allylic oxidation sites excluding steroid dienone is 2. The summed E-state index contributed by atoms with van der Waals surface area (Å²) in [4.78, 5) is 0. The Labute approximate surface area is 66.4 Å². The van der Waals surface area contributed by atoms with Gasteiger partial charge in [-0.3, -0.25) is 2.52 Å². The molecule has 0 saturated heterocycles. The molecule has 44 valence electrons. The normalized spacial score (nSPS) is 18.6. The highest BCUT2D eigenvalue weighted by molar-refractivity contribution is 14.1. The molecule has 0 fully saturated rings. The van der Waals surface area contributed by atoms with Gasteiger partial charge in [0.15, 0.2) is 0 Å². The minimum Gasteiger partial charge on any atom is -0.392 e. The molecule has 8 heavy (non-hydrogen) atoms. The van der Waals surface area contributed by atoms with Gasteiger partial charge >= 0.3 is 0 Å². The first-order valence-corrected chi connectivity index (χ1v) is 3.80. The summed E-state index contributed by atoms with van der Waals surface area (Å²) in [5.74, 6) is 0. The van der Waals surface area contributed by atoms with Gasteiger partial charge in [0, 0.05) is 18.1 Å². The van der Waals surface area contributed by atoms with E-state index in [0.717, 1.165) is 5.03 Å². The summed E-state index contributed by atoms with van der Waals surface area (Å²) in [5, 5.41) is 0.835. The Bertz CT molecular complexity index is 143. The molecule has 1 aliphatic rings. The van der Waals surface area contributed by atoms with E-state index in [1.807, 2.05) is 20.9 Å². The second-order valence-electron chi connectivity index (χ2n) is 1.27. The van der Waals surface area contributed by atoms with E-state index in [4.69, 9.17) is 5.73 Å². The van der Waals surface area contributed by atoms with Crippen LogP contribution in [0, 0.1) is 0 Å². The molecule has 0 aromatic rings. The first kappa shape index (κ1) is 6.28. The van der Waals surface area contributed by atoms with E-state index in [9.17, 15) is 0 Å². The Hall–Kier alpha value is 0.160. The Morgan fingerprint density at radius 3 is 2.88 bits per heavy atom. The van der Waals surface area contributed by atoms with Gasteiger partial charge < -0.3 is 5.73 Å². The van der Waals surface area contributed by atoms with Crippen LogP contribution in [0.25, 0.3) is 0 Å². The fraction of sp³-hybridized carbons (Fsp3) is 0. The lowest BCUT2D eigenvalue weighted by Gasteiger charge is -2.11. The lowest BCUT2D eigenvalue weighted by molar-refractivity contribution is 1.11. The predicted octanol–water partition coefficient (Wildman–Crippen LogP) is 1.61. The van der Waals surface area contributed by atoms with Crippen LogP contribution >= 0.6 is 34.8 Å². The SMILES string of the molecule is NC1=CC=CN(I)S1. The van der Waals surface area contributed by atoms with Crippen molar-refractivity contribution in [3.63, 3.8) is 0 Å². The van der Waals surface area contributed by atoms with Crippen LogP contribution in [0.4, 0.5) is 0 Å². The first-order chi connectivity index (χ1) is 3.79. The standard InChI is InChI=1S/C4H5IN2S/c5-7-3-1-2-4(6)8-7/h1-3H,6H2. The lowest BCUT2D eigenvalue weighted by Crippen LogP contribution is -2.01. The summed E-state index contributed by atoms with van der Waals surface area (Å²) < 4.78 is 1.92. The number of halogens is 1. The van der Waals surface area contributed by atoms with Gasteiger partial charge in [-0.15, -0.1) is 0 Å². The smallest absolute Gasteiger partial charge is 0.0875 e. The predicted molar refractivity (Wildman–Crippen MR) is 44.9 cm³/mol. The van der Waals surface area contributed by atoms with E-state index < -0.39 is 0 Å². The summed E-state index contributed by atoms with van der Waals surface area (Å²) in [6.45, 7) is 0. The van der Waals surface area contributed by atoms with Crippen LogP contribution in [0.5, 0.6) is 0 Å². The van der Waals surface area contributed by atoms with Crippen LogP contribution in [0.1, 0.15) is 0 Å². The topological polar surface area (TPSA) is 29.3 Å². The molecule has 4 heteroatoms. The quantitative estimate of drug-likeness (QED) is 0.396. The van der Waals surface area contributed by atoms with Gasteiger partial charge in [0.05, 0.1) is 27.9 Å². The van der Waals surface area contributed by atoms with Crippen LogP contribution in [-0.2, 0) is 0 Å². The number of hydrogen-bond donors (Lipinski definition) is 1. The zero-order valence-corrected chi connectivity index (χ0v) is 7.02. The summed E-state index contributed by atoms with van der Waals surface area (Å²) in [5.41, 5.74) is 5.45. The average Bonchev–Trinajstić information content (AvgIpc) is 1.64. The molecule has 2 N–H and O–H groups in total. The van der Waals surface area contributed by atoms with Crippen molar-refractivity contribution in [2.24, 2.45) is 5.73 Å². The molecule has 0 aliphatic carbocycles. The minimum atomic E-state index is 0.835. The van der Waals surface area contributed by atoms with Gasteiger partial charge in [-0.1, -0.05) is 0 Å². The molecule has 0 spiro atoms. The molecule has 0 radical (unpaired) electrons. The van der Waals surface area contributed by atoms with Gasteiger partial charge in [0.1, 0.15) is 0 Å². The van der Waals surface area contributed by atoms with Crippen molar-refractivity contribution in [1.29, 1.82) is 0 Å². The molecular formula is C4H5IN2S. The van der Waals surface area contributed by atoms with Gasteiger partial charge in [-0.2, -0.15) is 0 Å². The number of nitrogens with zero attached hydrogens (tertiary/aromatic N) is 1. The molecule has 1 heterocycles. The van der Waals surface area contributed by atoms with Crippen LogP contribution in [0.2, 0.25) is 0 Å². The van der Waals surface area contributed by atoms with E-state index in [1.54, 1.807) is 0 Å². The third-order valence-electron chi connectivity index (χ3n) is 0.656. The third-order valence-corrected chi connectivity index (χ3v) is 2.21. The van der Waals surface area contributed by atoms with Crippen molar-refractivity contribution in [1.82, 2.24) is 2.52 Å². The van der Waals surface area contributed by atoms with Gasteiger partial charge in [-0.05, 0) is 12.2 Å². The van der Waals surface area contributed by atoms with Crippen molar-refractivity contribution in [2.45, 2.75) is 0 Å². The fourth-order valence-corrected chi connectivity index (χ4v) is 1.71. The molecular weight excluding hydrogens is 235 g/mol. The molecule has 0 amide bonds. The monoisotopic (exact) mass is 240 g/mol. The highest BCUT2D eigenvalue weighted by atomic mass is 127. The van der Waals surface area contributed by atoms with Crippen molar-refractivity contribution in [3.8, 4) is 0 Å². The van der Waals surface area contributed by atoms with E-state index in [2.05, 4.69) is 22.9 Å². The lowest BCUT2D eigenvalue weighted by atomic mass is 10.6. The maximum atomic E-state index is 5.45. The molecule has 0 aromatic heterocycles. The van der Waals surface area contributed by atoms with Crippen LogP contribution < -0.4 is 5.73 Å². The molecule has 0 saturated carbocycles. The van der Waals surface area contributed by atoms with Gasteiger partial charge in [0.25, 0.3) is 0 Å². The molecule has 0 unspecified atom stereocenters. The number of nitrogens with two attached hydrogens (primary N) is 1. The third kappa shape index (κ3) is 1.59. The highest BCUT2D eigenvalue weighted by Crippen LogP contribution is 2.24. The highest BCUT2D eigenvalue weighted by Gasteiger charge is 1.99. The maximum absolute atomic E-state index is 5.45. The minimum absolute atomic E-state index is 0.835. The zero-order chi connectivity index (χ0) is 5.98. The molecule has 1 rings (SSSR count). The zero-order valence-electron chi connectivity index (χ0n) is 4.04. The summed E-state index contributed by atoms with van der Waals surface area (Å²) in [7, 11) is 0. The van der Waals surface area contributed by atoms with E-state index in [0.29, 0.717) is 0 Å². The molecule has 0 aromatic carbocycles. The molecule has 0 bridgehead atoms. The average molecular weight is 240 g/mol. The van der Waals surface area contributed by atoms with E-state index >= 15 is 0 Å². The summed E-state index contributed by atoms with van der Waals surface area (Å²) >= 11 is 3.67. The largest absolute Gasteiger partial charge is 0.392 e. The molecule has 2 nitrogen and oxygen atoms in total. The molecule has 0 atom stereocenters. The van der Waals surface area contributed by atoms with E-state index in [-0.39, 0.29) is 0 Å². The fourth-order valence-electron chi connectivity index (χ4n) is 0.367. The van der Waals surface area contributed by atoms with Crippen LogP contribution in [0.15, 0.2) is 23.4 Å². The molecule has 1 aliphatic heterocycles. The van der Waals surface area contributed by atoms with Crippen molar-refractivity contribution in [2.75, 3.05) is 0 Å². The van der Waals surface area contributed by atoms with E-state index in [1.165, 1.54) is 11.9 Å². The Morgan fingerprint density at radius 1 is 1.75 bits per heavy atom. The Kier molecular flexibility index (Phi) is 2.07. The second kappa shape index (κ2) is 2.63. The maximum Gasteiger partial charge on any atom is 0.0875 e. The van der Waals surface area contributed by atoms with Crippen LogP contribution in [0.3, 0.4) is 0 Å². The Morgan fingerprint density at radius 2 is 2.50 bits per heavy atom. The first-order valence-electron chi connectivity index (χ1n) is 2.06. The number of rotatable bonds is 0. The second-order valence-corrected chi connectivity index (χ2v) is 4.02. The summed E-state index contributed by atoms with van der Waals surface area (Å²) in [6.07, 6.45) is 5.74. The number of hydrogen-bond acceptors (Lipinski definition) is 3. The van der Waals surface area contributed by atoms with Crippen LogP contribution in [-0.4, -0.2) is 2.52 Å². The Balaban J connectivity index is 2.59.